The van der Waals surface area contributed by atoms with Crippen molar-refractivity contribution >= 4 is 52.9 Å². The van der Waals surface area contributed by atoms with Crippen molar-refractivity contribution in [3.63, 3.8) is 0 Å². The van der Waals surface area contributed by atoms with E-state index >= 15 is 0 Å². The summed E-state index contributed by atoms with van der Waals surface area (Å²) in [6, 6.07) is 26.3. The number of benzene rings is 4. The molecule has 5 heteroatoms. The van der Waals surface area contributed by atoms with E-state index in [1.807, 2.05) is 0 Å². The Hall–Kier alpha value is -3.49. The Kier molecular flexibility index (Phi) is 10.5. The number of aryl methyl sites for hydroxylation is 4. The summed E-state index contributed by atoms with van der Waals surface area (Å²) in [7, 11) is -0.413. The van der Waals surface area contributed by atoms with E-state index < -0.39 is 7.92 Å². The monoisotopic (exact) mass is 630 g/mol. The summed E-state index contributed by atoms with van der Waals surface area (Å²) in [6.07, 6.45) is 13.6. The predicted octanol–water partition coefficient (Wildman–Crippen LogP) is 12.5. The molecule has 0 saturated heterocycles. The molecule has 0 unspecified atom stereocenters. The number of nitrogens with one attached hydrogen (secondary N) is 2. The molecule has 2 saturated carbocycles. The van der Waals surface area contributed by atoms with Gasteiger partial charge in [0.2, 0.25) is 0 Å². The average molecular weight is 631 g/mol. The van der Waals surface area contributed by atoms with E-state index in [1.54, 1.807) is 0 Å². The number of nitrogens with zero attached hydrogens (tertiary/aromatic N) is 2. The van der Waals surface area contributed by atoms with Gasteiger partial charge in [-0.25, -0.2) is 9.98 Å². The highest BCUT2D eigenvalue weighted by Crippen LogP contribution is 2.57. The van der Waals surface area contributed by atoms with Gasteiger partial charge in [-0.15, -0.1) is 0 Å². The molecule has 0 spiro atoms. The summed E-state index contributed by atoms with van der Waals surface area (Å²) in [5.74, 6) is 0.890. The highest BCUT2D eigenvalue weighted by atomic mass is 31.1. The molecule has 2 aliphatic carbocycles. The zero-order valence-corrected chi connectivity index (χ0v) is 29.4. The van der Waals surface area contributed by atoms with Crippen molar-refractivity contribution in [2.45, 2.75) is 110 Å². The second kappa shape index (κ2) is 14.9. The van der Waals surface area contributed by atoms with E-state index in [0.717, 1.165) is 39.9 Å². The van der Waals surface area contributed by atoms with E-state index in [1.165, 1.54) is 103 Å². The van der Waals surface area contributed by atoms with Crippen LogP contribution in [0, 0.1) is 27.7 Å². The first-order valence-electron chi connectivity index (χ1n) is 17.5. The van der Waals surface area contributed by atoms with Crippen LogP contribution < -0.4 is 10.6 Å². The zero-order chi connectivity index (χ0) is 32.0. The van der Waals surface area contributed by atoms with Crippen LogP contribution in [-0.4, -0.2) is 22.7 Å². The topological polar surface area (TPSA) is 48.8 Å². The molecule has 0 heterocycles. The second-order valence-corrected chi connectivity index (χ2v) is 16.3. The molecule has 2 N–H and O–H groups in total. The Morgan fingerprint density at radius 1 is 0.609 bits per heavy atom. The van der Waals surface area contributed by atoms with Crippen LogP contribution in [0.3, 0.4) is 0 Å². The number of amidine groups is 2. The maximum Gasteiger partial charge on any atom is 0.130 e. The second-order valence-electron chi connectivity index (χ2n) is 13.6. The molecule has 2 fully saturated rings. The predicted molar refractivity (Wildman–Crippen MR) is 204 cm³/mol. The maximum atomic E-state index is 5.60. The van der Waals surface area contributed by atoms with Crippen LogP contribution in [0.2, 0.25) is 0 Å². The van der Waals surface area contributed by atoms with Gasteiger partial charge < -0.3 is 10.6 Å². The maximum absolute atomic E-state index is 5.60. The van der Waals surface area contributed by atoms with Crippen molar-refractivity contribution < 1.29 is 0 Å². The normalized spacial score (nSPS) is 17.1. The Bertz CT molecular complexity index is 1670. The molecule has 46 heavy (non-hydrogen) atoms. The summed E-state index contributed by atoms with van der Waals surface area (Å²) >= 11 is 0. The fourth-order valence-electron chi connectivity index (χ4n) is 7.57. The van der Waals surface area contributed by atoms with Gasteiger partial charge in [0.1, 0.15) is 11.4 Å². The van der Waals surface area contributed by atoms with Gasteiger partial charge in [0.15, 0.2) is 0 Å². The molecule has 6 rings (SSSR count). The van der Waals surface area contributed by atoms with Gasteiger partial charge in [0, 0.05) is 16.8 Å². The van der Waals surface area contributed by atoms with Crippen molar-refractivity contribution in [2.75, 3.05) is 10.6 Å². The number of aliphatic imine (C=N–C) groups is 2. The minimum atomic E-state index is -0.413. The fourth-order valence-corrected chi connectivity index (χ4v) is 11.2. The number of hydrogen-bond acceptors (Lipinski definition) is 2. The van der Waals surface area contributed by atoms with Crippen LogP contribution in [-0.2, 0) is 0 Å². The fraction of sp³-hybridized carbons (Fsp3) is 0.415. The zero-order valence-electron chi connectivity index (χ0n) is 28.5. The standard InChI is InChI=1S/C41H51N4P/c1-28-15-12-16-29(2)39(28)43-32(5)42-38-24-14-19-33-27-34(25-26-37(33)38)44-41(45-40-30(3)17-13-18-31(40)4)46(35-20-8-6-9-21-35)36-22-10-7-11-23-36/h12-19,24-27,35-36H,6-11,20-23H2,1-5H3,(H,42,43)(H,44,45). The number of anilines is 2. The van der Waals surface area contributed by atoms with E-state index in [2.05, 4.69) is 118 Å². The summed E-state index contributed by atoms with van der Waals surface area (Å²) in [5, 5.41) is 10.0. The van der Waals surface area contributed by atoms with E-state index in [9.17, 15) is 0 Å². The summed E-state index contributed by atoms with van der Waals surface area (Å²) in [4.78, 5) is 10.6. The van der Waals surface area contributed by atoms with Gasteiger partial charge in [-0.05, 0) is 125 Å². The minimum absolute atomic E-state index is 0.413. The third-order valence-corrected chi connectivity index (χ3v) is 13.3. The van der Waals surface area contributed by atoms with Gasteiger partial charge in [-0.1, -0.05) is 93.1 Å². The van der Waals surface area contributed by atoms with Crippen molar-refractivity contribution in [2.24, 2.45) is 9.98 Å². The van der Waals surface area contributed by atoms with Crippen molar-refractivity contribution in [1.82, 2.24) is 0 Å². The van der Waals surface area contributed by atoms with Crippen LogP contribution in [0.25, 0.3) is 10.8 Å². The summed E-state index contributed by atoms with van der Waals surface area (Å²) < 4.78 is 0. The Morgan fingerprint density at radius 2 is 1.13 bits per heavy atom. The summed E-state index contributed by atoms with van der Waals surface area (Å²) in [5.41, 5.74) is 12.1. The third-order valence-electron chi connectivity index (χ3n) is 10.0. The first-order valence-corrected chi connectivity index (χ1v) is 19.0. The minimum Gasteiger partial charge on any atom is -0.343 e. The highest BCUT2D eigenvalue weighted by Gasteiger charge is 2.35. The molecule has 4 aromatic rings. The largest absolute Gasteiger partial charge is 0.343 e. The quantitative estimate of drug-likeness (QED) is 0.121. The lowest BCUT2D eigenvalue weighted by molar-refractivity contribution is 0.487. The smallest absolute Gasteiger partial charge is 0.130 e. The van der Waals surface area contributed by atoms with Crippen LogP contribution in [0.5, 0.6) is 0 Å². The molecule has 2 aliphatic rings. The Morgan fingerprint density at radius 3 is 1.70 bits per heavy atom. The van der Waals surface area contributed by atoms with Crippen molar-refractivity contribution in [3.8, 4) is 0 Å². The molecule has 0 aliphatic heterocycles. The SMILES string of the molecule is CC(=Nc1c(C)cccc1C)Nc1cccc2cc(NC(=Nc3c(C)cccc3C)P(C3CCCCC3)C3CCCCC3)ccc12. The first kappa shape index (κ1) is 32.5. The molecule has 0 amide bonds. The molecule has 4 aromatic carbocycles. The molecule has 0 radical (unpaired) electrons. The van der Waals surface area contributed by atoms with Gasteiger partial charge in [-0.3, -0.25) is 0 Å². The third kappa shape index (κ3) is 7.55. The summed E-state index contributed by atoms with van der Waals surface area (Å²) in [6.45, 7) is 10.7. The lowest BCUT2D eigenvalue weighted by Gasteiger charge is -2.39. The van der Waals surface area contributed by atoms with Gasteiger partial charge in [-0.2, -0.15) is 0 Å². The van der Waals surface area contributed by atoms with E-state index in [4.69, 9.17) is 9.98 Å². The van der Waals surface area contributed by atoms with Crippen molar-refractivity contribution in [3.05, 3.63) is 95.1 Å². The highest BCUT2D eigenvalue weighted by molar-refractivity contribution is 7.76. The van der Waals surface area contributed by atoms with Crippen LogP contribution >= 0.6 is 7.92 Å². The number of hydrogen-bond donors (Lipinski definition) is 2. The average Bonchev–Trinajstić information content (AvgIpc) is 3.06. The lowest BCUT2D eigenvalue weighted by atomic mass is 9.99. The van der Waals surface area contributed by atoms with Crippen LogP contribution in [0.15, 0.2) is 82.8 Å². The van der Waals surface area contributed by atoms with Crippen LogP contribution in [0.4, 0.5) is 22.7 Å². The van der Waals surface area contributed by atoms with E-state index in [-0.39, 0.29) is 0 Å². The molecular weight excluding hydrogens is 579 g/mol. The molecule has 240 valence electrons. The first-order chi connectivity index (χ1) is 22.4. The lowest BCUT2D eigenvalue weighted by Crippen LogP contribution is -2.27. The molecular formula is C41H51N4P. The molecule has 0 bridgehead atoms. The number of para-hydroxylation sites is 2. The van der Waals surface area contributed by atoms with Gasteiger partial charge in [0.05, 0.1) is 11.4 Å². The Balaban J connectivity index is 1.35. The van der Waals surface area contributed by atoms with Crippen LogP contribution in [0.1, 0.15) is 93.4 Å². The Labute approximate surface area is 278 Å². The molecule has 4 nitrogen and oxygen atoms in total. The molecule has 0 atom stereocenters. The number of rotatable bonds is 7. The molecule has 0 aromatic heterocycles. The van der Waals surface area contributed by atoms with Gasteiger partial charge in [0.25, 0.3) is 0 Å². The van der Waals surface area contributed by atoms with Gasteiger partial charge >= 0.3 is 0 Å². The van der Waals surface area contributed by atoms with Crippen molar-refractivity contribution in [1.29, 1.82) is 0 Å². The number of fused-ring (bicyclic) bond motifs is 1. The van der Waals surface area contributed by atoms with E-state index in [0.29, 0.717) is 0 Å².